The molecule has 7 heteroatoms. The minimum absolute atomic E-state index is 0.0472. The average molecular weight is 332 g/mol. The number of pyridine rings is 1. The first-order valence-corrected chi connectivity index (χ1v) is 8.33. The van der Waals surface area contributed by atoms with Gasteiger partial charge in [0.05, 0.1) is 9.92 Å². The summed E-state index contributed by atoms with van der Waals surface area (Å²) in [6, 6.07) is 6.19. The molecule has 2 rings (SSSR count). The molecule has 0 aliphatic heterocycles. The van der Waals surface area contributed by atoms with E-state index in [1.54, 1.807) is 25.3 Å². The summed E-state index contributed by atoms with van der Waals surface area (Å²) in [5.74, 6) is 0.571. The van der Waals surface area contributed by atoms with Gasteiger partial charge in [-0.3, -0.25) is 4.98 Å². The number of aromatic nitrogens is 1. The van der Waals surface area contributed by atoms with Gasteiger partial charge in [0.2, 0.25) is 0 Å². The molecule has 0 bridgehead atoms. The number of rotatable bonds is 4. The van der Waals surface area contributed by atoms with E-state index in [2.05, 4.69) is 4.98 Å². The van der Waals surface area contributed by atoms with Crippen molar-refractivity contribution in [1.29, 1.82) is 0 Å². The first-order chi connectivity index (χ1) is 9.38. The third kappa shape index (κ3) is 3.62. The highest BCUT2D eigenvalue weighted by atomic mass is 35.7. The van der Waals surface area contributed by atoms with Crippen LogP contribution >= 0.6 is 22.3 Å². The molecule has 2 aromatic rings. The number of hydrogen-bond acceptors (Lipinski definition) is 4. The quantitative estimate of drug-likeness (QED) is 0.804. The van der Waals surface area contributed by atoms with E-state index < -0.39 is 9.05 Å². The molecule has 1 heterocycles. The third-order valence-corrected chi connectivity index (χ3v) is 4.36. The Balaban J connectivity index is 2.17. The van der Waals surface area contributed by atoms with Crippen molar-refractivity contribution in [3.8, 4) is 5.75 Å². The highest BCUT2D eigenvalue weighted by Gasteiger charge is 2.12. The molecule has 0 amide bonds. The molecule has 0 N–H and O–H groups in total. The number of hydrogen-bond donors (Lipinski definition) is 0. The Labute approximate surface area is 126 Å². The van der Waals surface area contributed by atoms with Crippen LogP contribution in [-0.2, 0) is 15.7 Å². The third-order valence-electron chi connectivity index (χ3n) is 2.67. The van der Waals surface area contributed by atoms with Gasteiger partial charge in [-0.25, -0.2) is 8.42 Å². The zero-order chi connectivity index (χ0) is 14.8. The first kappa shape index (κ1) is 15.1. The summed E-state index contributed by atoms with van der Waals surface area (Å²) in [5, 5.41) is 0.519. The molecule has 0 aliphatic carbocycles. The van der Waals surface area contributed by atoms with Gasteiger partial charge in [-0.2, -0.15) is 0 Å². The molecule has 0 saturated carbocycles. The molecule has 20 heavy (non-hydrogen) atoms. The Morgan fingerprint density at radius 3 is 2.65 bits per heavy atom. The fraction of sp³-hybridized carbons (Fsp3) is 0.154. The van der Waals surface area contributed by atoms with Crippen molar-refractivity contribution in [2.45, 2.75) is 18.4 Å². The van der Waals surface area contributed by atoms with E-state index in [0.29, 0.717) is 16.3 Å². The van der Waals surface area contributed by atoms with Crippen LogP contribution in [0.1, 0.15) is 11.1 Å². The van der Waals surface area contributed by atoms with Gasteiger partial charge in [0.1, 0.15) is 12.4 Å². The van der Waals surface area contributed by atoms with Crippen molar-refractivity contribution in [3.05, 3.63) is 52.8 Å². The zero-order valence-electron chi connectivity index (χ0n) is 10.5. The van der Waals surface area contributed by atoms with Gasteiger partial charge < -0.3 is 4.74 Å². The van der Waals surface area contributed by atoms with Crippen LogP contribution in [0.15, 0.2) is 41.6 Å². The minimum Gasteiger partial charge on any atom is -0.489 e. The Hall–Kier alpha value is -1.30. The molecular weight excluding hydrogens is 321 g/mol. The summed E-state index contributed by atoms with van der Waals surface area (Å²) in [4.78, 5) is 3.93. The second-order valence-electron chi connectivity index (χ2n) is 4.12. The average Bonchev–Trinajstić information content (AvgIpc) is 2.38. The molecule has 0 fully saturated rings. The van der Waals surface area contributed by atoms with Gasteiger partial charge in [0.25, 0.3) is 9.05 Å². The summed E-state index contributed by atoms with van der Waals surface area (Å²) in [5.41, 5.74) is 1.48. The topological polar surface area (TPSA) is 56.3 Å². The zero-order valence-corrected chi connectivity index (χ0v) is 12.8. The second-order valence-corrected chi connectivity index (χ2v) is 7.09. The van der Waals surface area contributed by atoms with E-state index in [-0.39, 0.29) is 11.5 Å². The normalized spacial score (nSPS) is 11.3. The Bertz CT molecular complexity index is 732. The van der Waals surface area contributed by atoms with Crippen LogP contribution in [0.25, 0.3) is 0 Å². The molecule has 0 atom stereocenters. The molecule has 0 aliphatic rings. The maximum atomic E-state index is 11.2. The van der Waals surface area contributed by atoms with Crippen LogP contribution in [0.4, 0.5) is 0 Å². The molecule has 1 aromatic heterocycles. The predicted octanol–water partition coefficient (Wildman–Crippen LogP) is 3.55. The van der Waals surface area contributed by atoms with E-state index in [0.717, 1.165) is 5.56 Å². The number of ether oxygens (including phenoxy) is 1. The second kappa shape index (κ2) is 5.99. The van der Waals surface area contributed by atoms with Crippen molar-refractivity contribution >= 4 is 31.3 Å². The van der Waals surface area contributed by atoms with Gasteiger partial charge in [-0.15, -0.1) is 0 Å². The Morgan fingerprint density at radius 1 is 1.30 bits per heavy atom. The number of aryl methyl sites for hydroxylation is 1. The fourth-order valence-electron chi connectivity index (χ4n) is 1.61. The van der Waals surface area contributed by atoms with E-state index in [4.69, 9.17) is 27.0 Å². The number of halogens is 2. The molecule has 1 aromatic carbocycles. The SMILES string of the molecule is Cc1cc(S(=O)(=O)Cl)ccc1OCc1ccncc1Cl. The van der Waals surface area contributed by atoms with Crippen LogP contribution in [0, 0.1) is 6.92 Å². The lowest BCUT2D eigenvalue weighted by Crippen LogP contribution is -1.99. The highest BCUT2D eigenvalue weighted by Crippen LogP contribution is 2.25. The highest BCUT2D eigenvalue weighted by molar-refractivity contribution is 8.13. The standard InChI is InChI=1S/C13H11Cl2NO3S/c1-9-6-11(20(15,17)18)2-3-13(9)19-8-10-4-5-16-7-12(10)14/h2-7H,8H2,1H3. The van der Waals surface area contributed by atoms with E-state index in [9.17, 15) is 8.42 Å². The molecule has 4 nitrogen and oxygen atoms in total. The van der Waals surface area contributed by atoms with Crippen LogP contribution < -0.4 is 4.74 Å². The van der Waals surface area contributed by atoms with Crippen LogP contribution in [0.2, 0.25) is 5.02 Å². The Morgan fingerprint density at radius 2 is 2.05 bits per heavy atom. The lowest BCUT2D eigenvalue weighted by molar-refractivity contribution is 0.304. The maximum absolute atomic E-state index is 11.2. The fourth-order valence-corrected chi connectivity index (χ4v) is 2.62. The van der Waals surface area contributed by atoms with Crippen molar-refractivity contribution in [2.24, 2.45) is 0 Å². The van der Waals surface area contributed by atoms with Crippen molar-refractivity contribution in [2.75, 3.05) is 0 Å². The number of nitrogens with zero attached hydrogens (tertiary/aromatic N) is 1. The summed E-state index contributed by atoms with van der Waals surface area (Å²) < 4.78 is 28.1. The molecule has 0 unspecified atom stereocenters. The van der Waals surface area contributed by atoms with Gasteiger partial charge >= 0.3 is 0 Å². The molecule has 0 spiro atoms. The lowest BCUT2D eigenvalue weighted by atomic mass is 10.2. The number of benzene rings is 1. The minimum atomic E-state index is -3.73. The maximum Gasteiger partial charge on any atom is 0.261 e. The van der Waals surface area contributed by atoms with Gasteiger partial charge in [-0.05, 0) is 36.8 Å². The smallest absolute Gasteiger partial charge is 0.261 e. The largest absolute Gasteiger partial charge is 0.489 e. The van der Waals surface area contributed by atoms with Crippen molar-refractivity contribution in [3.63, 3.8) is 0 Å². The molecular formula is C13H11Cl2NO3S. The summed E-state index contributed by atoms with van der Waals surface area (Å²) in [6.45, 7) is 2.02. The van der Waals surface area contributed by atoms with Gasteiger partial charge in [-0.1, -0.05) is 11.6 Å². The van der Waals surface area contributed by atoms with Crippen LogP contribution in [-0.4, -0.2) is 13.4 Å². The van der Waals surface area contributed by atoms with E-state index in [1.165, 1.54) is 18.3 Å². The predicted molar refractivity (Wildman–Crippen MR) is 77.8 cm³/mol. The molecule has 0 radical (unpaired) electrons. The van der Waals surface area contributed by atoms with E-state index >= 15 is 0 Å². The van der Waals surface area contributed by atoms with Crippen LogP contribution in [0.5, 0.6) is 5.75 Å². The van der Waals surface area contributed by atoms with Gasteiger partial charge in [0, 0.05) is 28.6 Å². The summed E-state index contributed by atoms with van der Waals surface area (Å²) in [6.07, 6.45) is 3.16. The first-order valence-electron chi connectivity index (χ1n) is 5.64. The lowest BCUT2D eigenvalue weighted by Gasteiger charge is -2.10. The summed E-state index contributed by atoms with van der Waals surface area (Å²) in [7, 11) is 1.56. The monoisotopic (exact) mass is 331 g/mol. The summed E-state index contributed by atoms with van der Waals surface area (Å²) >= 11 is 5.98. The van der Waals surface area contributed by atoms with Crippen molar-refractivity contribution < 1.29 is 13.2 Å². The molecule has 106 valence electrons. The van der Waals surface area contributed by atoms with Crippen molar-refractivity contribution in [1.82, 2.24) is 4.98 Å². The Kier molecular flexibility index (Phi) is 4.52. The molecule has 0 saturated heterocycles. The van der Waals surface area contributed by atoms with Gasteiger partial charge in [0.15, 0.2) is 0 Å². The van der Waals surface area contributed by atoms with E-state index in [1.807, 2.05) is 0 Å². The van der Waals surface area contributed by atoms with Crippen LogP contribution in [0.3, 0.4) is 0 Å².